The van der Waals surface area contributed by atoms with Crippen molar-refractivity contribution in [1.82, 2.24) is 5.43 Å². The molecule has 4 aliphatic carbocycles. The van der Waals surface area contributed by atoms with Gasteiger partial charge in [0.25, 0.3) is 0 Å². The van der Waals surface area contributed by atoms with E-state index >= 15 is 0 Å². The Morgan fingerprint density at radius 1 is 1.06 bits per heavy atom. The molecule has 4 fully saturated rings. The van der Waals surface area contributed by atoms with E-state index in [0.717, 1.165) is 30.6 Å². The maximum Gasteiger partial charge on any atom is 0.157 e. The van der Waals surface area contributed by atoms with Crippen molar-refractivity contribution in [3.8, 4) is 0 Å². The fraction of sp³-hybridized carbons (Fsp3) is 1.00. The van der Waals surface area contributed by atoms with E-state index in [4.69, 9.17) is 0 Å². The molecule has 0 aromatic heterocycles. The van der Waals surface area contributed by atoms with E-state index in [2.05, 4.69) is 40.0 Å². The van der Waals surface area contributed by atoms with Gasteiger partial charge in [-0.2, -0.15) is 0 Å². The minimum absolute atomic E-state index is 0.246. The zero-order chi connectivity index (χ0) is 24.2. The molecule has 6 nitrogen and oxygen atoms in total. The molecule has 6 heteroatoms. The van der Waals surface area contributed by atoms with Crippen molar-refractivity contribution >= 4 is 0 Å². The molecule has 0 amide bonds. The van der Waals surface area contributed by atoms with Gasteiger partial charge in [0.2, 0.25) is 0 Å². The Kier molecular flexibility index (Phi) is 6.85. The van der Waals surface area contributed by atoms with Crippen molar-refractivity contribution in [1.29, 1.82) is 0 Å². The molecule has 0 bridgehead atoms. The highest BCUT2D eigenvalue weighted by Gasteiger charge is 2.68. The molecule has 0 aromatic carbocycles. The zero-order valence-corrected chi connectivity index (χ0v) is 21.6. The minimum Gasteiger partial charge on any atom is -0.393 e. The van der Waals surface area contributed by atoms with E-state index in [1.165, 1.54) is 38.5 Å². The van der Waals surface area contributed by atoms with Crippen LogP contribution in [-0.4, -0.2) is 33.0 Å². The number of hydrogen-bond acceptors (Lipinski definition) is 4. The van der Waals surface area contributed by atoms with E-state index in [1.807, 2.05) is 0 Å². The van der Waals surface area contributed by atoms with Gasteiger partial charge in [0.05, 0.1) is 11.7 Å². The van der Waals surface area contributed by atoms with Crippen LogP contribution in [0.25, 0.3) is 0 Å². The molecule has 4 saturated carbocycles. The molecule has 33 heavy (non-hydrogen) atoms. The Hall–Kier alpha value is -0.880. The Bertz CT molecular complexity index is 731. The second-order valence-corrected chi connectivity index (χ2v) is 13.3. The van der Waals surface area contributed by atoms with Gasteiger partial charge in [-0.15, -0.1) is 5.43 Å². The smallest absolute Gasteiger partial charge is 0.157 e. The first kappa shape index (κ1) is 25.2. The maximum atomic E-state index is 11.9. The first-order valence-electron chi connectivity index (χ1n) is 13.7. The van der Waals surface area contributed by atoms with Crippen LogP contribution >= 0.6 is 0 Å². The third-order valence-electron chi connectivity index (χ3n) is 11.3. The number of nitrogens with zero attached hydrogens (tertiary/aromatic N) is 1. The van der Waals surface area contributed by atoms with Crippen molar-refractivity contribution in [3.63, 3.8) is 0 Å². The van der Waals surface area contributed by atoms with Gasteiger partial charge in [-0.1, -0.05) is 53.9 Å². The third kappa shape index (κ3) is 4.11. The third-order valence-corrected chi connectivity index (χ3v) is 11.3. The molecule has 0 aromatic rings. The van der Waals surface area contributed by atoms with Crippen LogP contribution in [0.15, 0.2) is 0 Å². The van der Waals surface area contributed by atoms with Crippen LogP contribution in [0.3, 0.4) is 0 Å². The van der Waals surface area contributed by atoms with Crippen molar-refractivity contribution in [2.24, 2.45) is 46.3 Å². The first-order valence-corrected chi connectivity index (χ1v) is 13.7. The summed E-state index contributed by atoms with van der Waals surface area (Å²) < 4.78 is 0. The fourth-order valence-corrected chi connectivity index (χ4v) is 9.61. The Morgan fingerprint density at radius 3 is 2.45 bits per heavy atom. The second-order valence-electron chi connectivity index (χ2n) is 13.3. The van der Waals surface area contributed by atoms with E-state index in [9.17, 15) is 20.3 Å². The number of fused-ring (bicyclic) bond motifs is 5. The monoisotopic (exact) mass is 464 g/mol. The summed E-state index contributed by atoms with van der Waals surface area (Å²) in [6, 6.07) is -0.599. The largest absolute Gasteiger partial charge is 0.393 e. The summed E-state index contributed by atoms with van der Waals surface area (Å²) in [6.45, 7) is 11.8. The van der Waals surface area contributed by atoms with E-state index < -0.39 is 22.8 Å². The predicted octanol–water partition coefficient (Wildman–Crippen LogP) is 5.34. The fourth-order valence-electron chi connectivity index (χ4n) is 9.61. The van der Waals surface area contributed by atoms with Gasteiger partial charge in [-0.25, -0.2) is 10.1 Å². The molecule has 0 spiro atoms. The molecule has 4 aliphatic rings. The average molecular weight is 465 g/mol. The highest BCUT2D eigenvalue weighted by molar-refractivity contribution is 5.18. The van der Waals surface area contributed by atoms with Crippen LogP contribution in [0.2, 0.25) is 0 Å². The lowest BCUT2D eigenvalue weighted by atomic mass is 9.42. The lowest BCUT2D eigenvalue weighted by Gasteiger charge is -2.65. The van der Waals surface area contributed by atoms with Crippen molar-refractivity contribution < 1.29 is 15.2 Å². The molecule has 1 unspecified atom stereocenters. The number of rotatable bonds is 7. The van der Waals surface area contributed by atoms with Gasteiger partial charge in [0.15, 0.2) is 5.03 Å². The normalized spacial score (nSPS) is 48.0. The van der Waals surface area contributed by atoms with E-state index in [1.54, 1.807) is 0 Å². The standard InChI is InChI=1S/C27H48N2O4/c1-17(2)7-6-8-18(3)21-9-10-22-20-15-24(28-29(32)33)27(31)16-19(30)11-14-26(27,5)23(20)12-13-25(21,22)4/h17-24,28,30-31H,6-16H2,1-5H3/t18?,19-,20-,21+,22-,23-,24+,25+,26+,27-/m0/s1. The highest BCUT2D eigenvalue weighted by Crippen LogP contribution is 2.69. The zero-order valence-electron chi connectivity index (χ0n) is 21.6. The van der Waals surface area contributed by atoms with Gasteiger partial charge in [-0.05, 0) is 85.9 Å². The first-order chi connectivity index (χ1) is 15.4. The summed E-state index contributed by atoms with van der Waals surface area (Å²) >= 11 is 0. The molecular formula is C27H48N2O4. The Balaban J connectivity index is 1.58. The van der Waals surface area contributed by atoms with Gasteiger partial charge in [0, 0.05) is 11.8 Å². The number of nitro groups is 1. The summed E-state index contributed by atoms with van der Waals surface area (Å²) in [4.78, 5) is 11.5. The van der Waals surface area contributed by atoms with Crippen LogP contribution in [-0.2, 0) is 0 Å². The second kappa shape index (κ2) is 8.96. The summed E-state index contributed by atoms with van der Waals surface area (Å²) in [6.07, 6.45) is 10.5. The molecule has 0 aliphatic heterocycles. The maximum absolute atomic E-state index is 11.9. The van der Waals surface area contributed by atoms with Crippen molar-refractivity contribution in [2.45, 2.75) is 123 Å². The van der Waals surface area contributed by atoms with Gasteiger partial charge in [0.1, 0.15) is 6.04 Å². The molecule has 0 radical (unpaired) electrons. The predicted molar refractivity (Wildman–Crippen MR) is 130 cm³/mol. The van der Waals surface area contributed by atoms with Crippen LogP contribution in [0.4, 0.5) is 0 Å². The minimum atomic E-state index is -1.23. The van der Waals surface area contributed by atoms with Crippen LogP contribution in [0.1, 0.15) is 105 Å². The molecule has 190 valence electrons. The molecule has 10 atom stereocenters. The van der Waals surface area contributed by atoms with Crippen LogP contribution < -0.4 is 5.43 Å². The van der Waals surface area contributed by atoms with Crippen LogP contribution in [0.5, 0.6) is 0 Å². The lowest BCUT2D eigenvalue weighted by Crippen LogP contribution is -2.72. The summed E-state index contributed by atoms with van der Waals surface area (Å²) in [7, 11) is 0. The molecule has 3 N–H and O–H groups in total. The number of nitrogens with one attached hydrogen (secondary N) is 1. The quantitative estimate of drug-likeness (QED) is 0.349. The van der Waals surface area contributed by atoms with E-state index in [-0.39, 0.29) is 11.8 Å². The van der Waals surface area contributed by atoms with E-state index in [0.29, 0.717) is 36.0 Å². The Labute approximate surface area is 200 Å². The average Bonchev–Trinajstić information content (AvgIpc) is 3.07. The summed E-state index contributed by atoms with van der Waals surface area (Å²) in [5.74, 6) is 3.60. The Morgan fingerprint density at radius 2 is 1.79 bits per heavy atom. The van der Waals surface area contributed by atoms with Crippen LogP contribution in [0, 0.1) is 56.5 Å². The molecule has 0 saturated heterocycles. The lowest BCUT2D eigenvalue weighted by molar-refractivity contribution is -0.559. The SMILES string of the molecule is CC(C)CCCC(C)[C@H]1CC[C@H]2[C@@H]3C[C@@H](N[N+](=O)[O-])[C@@]4(O)C[C@@H](O)CC[C@]4(C)[C@H]3CC[C@]12C. The van der Waals surface area contributed by atoms with Gasteiger partial charge < -0.3 is 10.2 Å². The van der Waals surface area contributed by atoms with Gasteiger partial charge in [-0.3, -0.25) is 0 Å². The molecular weight excluding hydrogens is 416 g/mol. The number of hydrogen-bond donors (Lipinski definition) is 3. The molecule has 0 heterocycles. The number of hydrazine groups is 1. The summed E-state index contributed by atoms with van der Waals surface area (Å²) in [5, 5.41) is 33.4. The van der Waals surface area contributed by atoms with Gasteiger partial charge >= 0.3 is 0 Å². The number of aliphatic hydroxyl groups excluding tert-OH is 1. The van der Waals surface area contributed by atoms with Crippen molar-refractivity contribution in [2.75, 3.05) is 0 Å². The topological polar surface area (TPSA) is 95.6 Å². The molecule has 4 rings (SSSR count). The summed E-state index contributed by atoms with van der Waals surface area (Å²) in [5.41, 5.74) is 1.22. The highest BCUT2D eigenvalue weighted by atomic mass is 16.7. The number of aliphatic hydroxyl groups is 2. The van der Waals surface area contributed by atoms with Crippen molar-refractivity contribution in [3.05, 3.63) is 10.1 Å².